The van der Waals surface area contributed by atoms with E-state index >= 15 is 0 Å². The van der Waals surface area contributed by atoms with Crippen molar-refractivity contribution in [1.82, 2.24) is 15.1 Å². The molecule has 4 rings (SSSR count). The van der Waals surface area contributed by atoms with Crippen LogP contribution in [0.25, 0.3) is 0 Å². The zero-order valence-corrected chi connectivity index (χ0v) is 20.4. The predicted octanol–water partition coefficient (Wildman–Crippen LogP) is 1.77. The number of nitrogens with two attached hydrogens (primary N) is 2. The number of amidine groups is 1. The van der Waals surface area contributed by atoms with Gasteiger partial charge in [-0.25, -0.2) is 4.39 Å². The van der Waals surface area contributed by atoms with Crippen LogP contribution in [-0.4, -0.2) is 77.9 Å². The average Bonchev–Trinajstić information content (AvgIpc) is 3.18. The van der Waals surface area contributed by atoms with E-state index in [0.717, 1.165) is 57.9 Å². The monoisotopic (exact) mass is 478 g/mol. The maximum Gasteiger partial charge on any atom is 0.239 e. The Kier molecular flexibility index (Phi) is 8.45. The van der Waals surface area contributed by atoms with Gasteiger partial charge in [0.05, 0.1) is 11.9 Å². The lowest BCUT2D eigenvalue weighted by molar-refractivity contribution is -0.138. The minimum atomic E-state index is -0.789. The molecule has 0 radical (unpaired) electrons. The molecule has 4 atom stereocenters. The standard InChI is InChI=1S/C25H43FN6O2/c26-19-8-11-31(12-9-19)25(34)22-13-17-3-4-18(24(28)29)14-21(17)32(22)15-16-1-5-20(6-2-16)30-23(33)7-10-27/h16-22H,1-15,27H2,(H3,28,29)(H,30,33). The van der Waals surface area contributed by atoms with Gasteiger partial charge >= 0.3 is 0 Å². The van der Waals surface area contributed by atoms with E-state index in [1.807, 2.05) is 4.90 Å². The predicted molar refractivity (Wildman–Crippen MR) is 130 cm³/mol. The fraction of sp³-hybridized carbons (Fsp3) is 0.880. The summed E-state index contributed by atoms with van der Waals surface area (Å²) >= 11 is 0. The number of carbonyl (C=O) groups is 2. The number of rotatable bonds is 7. The number of nitrogens with zero attached hydrogens (tertiary/aromatic N) is 2. The fourth-order valence-corrected chi connectivity index (χ4v) is 6.83. The Hall–Kier alpha value is -1.74. The summed E-state index contributed by atoms with van der Waals surface area (Å²) in [5.74, 6) is 1.54. The molecule has 34 heavy (non-hydrogen) atoms. The van der Waals surface area contributed by atoms with Crippen molar-refractivity contribution in [2.75, 3.05) is 26.2 Å². The maximum absolute atomic E-state index is 13.7. The Balaban J connectivity index is 1.41. The van der Waals surface area contributed by atoms with Crippen molar-refractivity contribution in [3.63, 3.8) is 0 Å². The third-order valence-corrected chi connectivity index (χ3v) is 8.82. The summed E-state index contributed by atoms with van der Waals surface area (Å²) in [5.41, 5.74) is 11.4. The zero-order chi connectivity index (χ0) is 24.2. The van der Waals surface area contributed by atoms with E-state index in [0.29, 0.717) is 50.7 Å². The number of piperidine rings is 1. The van der Waals surface area contributed by atoms with Crippen LogP contribution < -0.4 is 16.8 Å². The second-order valence-electron chi connectivity index (χ2n) is 11.1. The van der Waals surface area contributed by atoms with Crippen LogP contribution in [0.3, 0.4) is 0 Å². The number of likely N-dealkylation sites (tertiary alicyclic amines) is 2. The molecule has 192 valence electrons. The minimum absolute atomic E-state index is 0.0357. The van der Waals surface area contributed by atoms with Gasteiger partial charge in [-0.15, -0.1) is 0 Å². The molecule has 2 saturated carbocycles. The summed E-state index contributed by atoms with van der Waals surface area (Å²) < 4.78 is 13.7. The van der Waals surface area contributed by atoms with Gasteiger partial charge in [-0.05, 0) is 76.0 Å². The molecular weight excluding hydrogens is 435 g/mol. The van der Waals surface area contributed by atoms with Gasteiger partial charge in [0.2, 0.25) is 11.8 Å². The first-order valence-corrected chi connectivity index (χ1v) is 13.4. The number of hydrogen-bond donors (Lipinski definition) is 4. The van der Waals surface area contributed by atoms with Crippen LogP contribution in [0.1, 0.15) is 70.6 Å². The average molecular weight is 479 g/mol. The lowest BCUT2D eigenvalue weighted by Crippen LogP contribution is -2.52. The molecule has 6 N–H and O–H groups in total. The number of carbonyl (C=O) groups excluding carboxylic acids is 2. The SMILES string of the molecule is N=C(N)C1CCC2CC(C(=O)N3CCC(F)CC3)N(CC3CCC(NC(=O)CCN)CC3)C2C1. The number of amides is 2. The van der Waals surface area contributed by atoms with Crippen molar-refractivity contribution in [3.05, 3.63) is 0 Å². The Morgan fingerprint density at radius 2 is 1.71 bits per heavy atom. The number of alkyl halides is 1. The number of hydrogen-bond acceptors (Lipinski definition) is 5. The summed E-state index contributed by atoms with van der Waals surface area (Å²) in [7, 11) is 0. The van der Waals surface area contributed by atoms with Crippen LogP contribution in [0.5, 0.6) is 0 Å². The van der Waals surface area contributed by atoms with Gasteiger partial charge in [-0.1, -0.05) is 0 Å². The highest BCUT2D eigenvalue weighted by Gasteiger charge is 2.49. The molecule has 8 nitrogen and oxygen atoms in total. The summed E-state index contributed by atoms with van der Waals surface area (Å²) in [5, 5.41) is 11.1. The lowest BCUT2D eigenvalue weighted by Gasteiger charge is -2.41. The molecule has 4 unspecified atom stereocenters. The molecule has 0 aromatic rings. The summed E-state index contributed by atoms with van der Waals surface area (Å²) in [6.45, 7) is 2.29. The number of nitrogens with one attached hydrogen (secondary N) is 2. The van der Waals surface area contributed by atoms with Crippen LogP contribution in [-0.2, 0) is 9.59 Å². The largest absolute Gasteiger partial charge is 0.387 e. The van der Waals surface area contributed by atoms with Gasteiger partial charge in [0.15, 0.2) is 0 Å². The van der Waals surface area contributed by atoms with Gasteiger partial charge in [0.25, 0.3) is 0 Å². The van der Waals surface area contributed by atoms with E-state index in [2.05, 4.69) is 10.2 Å². The normalized spacial score (nSPS) is 35.1. The summed E-state index contributed by atoms with van der Waals surface area (Å²) in [4.78, 5) is 29.8. The van der Waals surface area contributed by atoms with Crippen molar-refractivity contribution in [1.29, 1.82) is 5.41 Å². The first-order valence-electron chi connectivity index (χ1n) is 13.4. The highest BCUT2D eigenvalue weighted by atomic mass is 19.1. The maximum atomic E-state index is 13.7. The third-order valence-electron chi connectivity index (χ3n) is 8.82. The lowest BCUT2D eigenvalue weighted by atomic mass is 9.77. The van der Waals surface area contributed by atoms with Crippen molar-refractivity contribution < 1.29 is 14.0 Å². The first kappa shape index (κ1) is 25.4. The Morgan fingerprint density at radius 3 is 2.35 bits per heavy atom. The van der Waals surface area contributed by atoms with E-state index in [9.17, 15) is 14.0 Å². The van der Waals surface area contributed by atoms with Crippen LogP contribution in [0.4, 0.5) is 4.39 Å². The molecule has 0 spiro atoms. The van der Waals surface area contributed by atoms with Gasteiger partial charge in [0, 0.05) is 50.6 Å². The Morgan fingerprint density at radius 1 is 1.00 bits per heavy atom. The van der Waals surface area contributed by atoms with Gasteiger partial charge in [-0.2, -0.15) is 0 Å². The quantitative estimate of drug-likeness (QED) is 0.327. The highest BCUT2D eigenvalue weighted by Crippen LogP contribution is 2.43. The first-order chi connectivity index (χ1) is 16.4. The van der Waals surface area contributed by atoms with E-state index in [4.69, 9.17) is 16.9 Å². The van der Waals surface area contributed by atoms with Crippen LogP contribution in [0.15, 0.2) is 0 Å². The fourth-order valence-electron chi connectivity index (χ4n) is 6.83. The molecule has 4 aliphatic rings. The number of fused-ring (bicyclic) bond motifs is 1. The molecule has 0 aromatic carbocycles. The molecule has 4 fully saturated rings. The summed E-state index contributed by atoms with van der Waals surface area (Å²) in [6.07, 6.45) is 8.14. The second kappa shape index (κ2) is 11.3. The van der Waals surface area contributed by atoms with Crippen molar-refractivity contribution >= 4 is 17.6 Å². The molecule has 2 aliphatic carbocycles. The number of halogens is 1. The summed E-state index contributed by atoms with van der Waals surface area (Å²) in [6, 6.07) is 0.369. The van der Waals surface area contributed by atoms with E-state index in [-0.39, 0.29) is 41.7 Å². The molecule has 2 amide bonds. The molecule has 0 aromatic heterocycles. The van der Waals surface area contributed by atoms with Crippen molar-refractivity contribution in [2.24, 2.45) is 29.2 Å². The van der Waals surface area contributed by atoms with Crippen molar-refractivity contribution in [2.45, 2.75) is 94.9 Å². The molecule has 9 heteroatoms. The van der Waals surface area contributed by atoms with E-state index in [1.54, 1.807) is 0 Å². The van der Waals surface area contributed by atoms with Crippen molar-refractivity contribution in [3.8, 4) is 0 Å². The minimum Gasteiger partial charge on any atom is -0.387 e. The Labute approximate surface area is 202 Å². The van der Waals surface area contributed by atoms with E-state index < -0.39 is 6.17 Å². The molecule has 2 heterocycles. The highest BCUT2D eigenvalue weighted by molar-refractivity contribution is 5.83. The van der Waals surface area contributed by atoms with Crippen LogP contribution in [0.2, 0.25) is 0 Å². The third kappa shape index (κ3) is 5.90. The van der Waals surface area contributed by atoms with Gasteiger partial charge in [-0.3, -0.25) is 19.9 Å². The molecular formula is C25H43FN6O2. The Bertz CT molecular complexity index is 735. The second-order valence-corrected chi connectivity index (χ2v) is 11.1. The zero-order valence-electron chi connectivity index (χ0n) is 20.4. The molecule has 2 aliphatic heterocycles. The van der Waals surface area contributed by atoms with Crippen LogP contribution in [0, 0.1) is 23.2 Å². The molecule has 0 bridgehead atoms. The van der Waals surface area contributed by atoms with Gasteiger partial charge < -0.3 is 21.7 Å². The van der Waals surface area contributed by atoms with Gasteiger partial charge in [0.1, 0.15) is 6.17 Å². The van der Waals surface area contributed by atoms with E-state index in [1.165, 1.54) is 0 Å². The van der Waals surface area contributed by atoms with Crippen LogP contribution >= 0.6 is 0 Å². The molecule has 2 saturated heterocycles. The topological polar surface area (TPSA) is 129 Å². The smallest absolute Gasteiger partial charge is 0.239 e.